The van der Waals surface area contributed by atoms with Gasteiger partial charge in [0.05, 0.1) is 17.6 Å². The number of aliphatic hydroxyl groups excluding tert-OH is 2. The molecule has 4 fully saturated rings. The second-order valence-electron chi connectivity index (χ2n) is 11.0. The molecule has 31 heavy (non-hydrogen) atoms. The average molecular weight is 435 g/mol. The highest BCUT2D eigenvalue weighted by atomic mass is 16.6. The molecule has 2 N–H and O–H groups in total. The van der Waals surface area contributed by atoms with E-state index in [1.54, 1.807) is 0 Å². The van der Waals surface area contributed by atoms with Gasteiger partial charge in [-0.25, -0.2) is 0 Å². The van der Waals surface area contributed by atoms with Crippen LogP contribution in [0.2, 0.25) is 0 Å². The third-order valence-corrected chi connectivity index (χ3v) is 9.12. The summed E-state index contributed by atoms with van der Waals surface area (Å²) in [5.41, 5.74) is -2.21. The minimum atomic E-state index is -1.52. The molecule has 0 saturated heterocycles. The number of hydrogen-bond donors (Lipinski definition) is 2. The summed E-state index contributed by atoms with van der Waals surface area (Å²) >= 11 is 0. The lowest BCUT2D eigenvalue weighted by atomic mass is 9.38. The molecule has 4 aliphatic rings. The van der Waals surface area contributed by atoms with Gasteiger partial charge in [0, 0.05) is 31.1 Å². The Hall–Kier alpha value is -1.73. The molecular weight excluding hydrogens is 400 g/mol. The van der Waals surface area contributed by atoms with E-state index in [0.717, 1.165) is 6.42 Å². The highest BCUT2D eigenvalue weighted by Gasteiger charge is 2.78. The van der Waals surface area contributed by atoms with Crippen molar-refractivity contribution in [1.82, 2.24) is 0 Å². The number of aliphatic hydroxyl groups is 2. The maximum atomic E-state index is 13.6. The first kappa shape index (κ1) is 22.5. The molecule has 7 nitrogen and oxygen atoms in total. The second-order valence-corrected chi connectivity index (χ2v) is 11.0. The molecule has 0 aromatic rings. The van der Waals surface area contributed by atoms with Crippen LogP contribution < -0.4 is 0 Å². The van der Waals surface area contributed by atoms with Crippen molar-refractivity contribution in [2.24, 2.45) is 34.0 Å². The van der Waals surface area contributed by atoms with Gasteiger partial charge in [-0.3, -0.25) is 14.4 Å². The molecule has 172 valence electrons. The van der Waals surface area contributed by atoms with E-state index in [-0.39, 0.29) is 29.1 Å². The standard InChI is InChI=1S/C24H34O7/c1-11-14-9-15(30-12(2)25)19-23(6)16(10-17(27)24(19,20(11)28)21(14)29)22(4,5)8-7-18(23)31-13(3)26/h14-19,21,27,29H,1,7-10H2,2-6H3/t14-,15?,16+,17+,18+,19?,21?,23-,24?/m0/s1. The Balaban J connectivity index is 1.97. The number of fused-ring (bicyclic) bond motifs is 3. The number of carbonyl (C=O) groups excluding carboxylic acids is 3. The normalized spacial score (nSPS) is 47.9. The Morgan fingerprint density at radius 3 is 2.26 bits per heavy atom. The van der Waals surface area contributed by atoms with Crippen molar-refractivity contribution < 1.29 is 34.1 Å². The predicted molar refractivity (Wildman–Crippen MR) is 111 cm³/mol. The van der Waals surface area contributed by atoms with E-state index in [4.69, 9.17) is 9.47 Å². The van der Waals surface area contributed by atoms with Crippen molar-refractivity contribution in [3.63, 3.8) is 0 Å². The first-order chi connectivity index (χ1) is 14.3. The van der Waals surface area contributed by atoms with Crippen LogP contribution in [-0.2, 0) is 23.9 Å². The zero-order valence-electron chi connectivity index (χ0n) is 19.0. The monoisotopic (exact) mass is 434 g/mol. The summed E-state index contributed by atoms with van der Waals surface area (Å²) < 4.78 is 11.6. The number of rotatable bonds is 2. The molecule has 0 amide bonds. The van der Waals surface area contributed by atoms with Crippen LogP contribution >= 0.6 is 0 Å². The van der Waals surface area contributed by atoms with Gasteiger partial charge in [0.2, 0.25) is 0 Å². The molecular formula is C24H34O7. The van der Waals surface area contributed by atoms with Crippen LogP contribution in [-0.4, -0.2) is 52.4 Å². The number of carbonyl (C=O) groups is 3. The largest absolute Gasteiger partial charge is 0.462 e. The number of ether oxygens (including phenoxy) is 2. The number of Topliss-reactive ketones (excluding diaryl/α,β-unsaturated/α-hetero) is 1. The molecule has 0 aromatic carbocycles. The highest BCUT2D eigenvalue weighted by Crippen LogP contribution is 2.71. The number of ketones is 1. The van der Waals surface area contributed by atoms with E-state index in [0.29, 0.717) is 12.8 Å². The molecule has 7 heteroatoms. The maximum Gasteiger partial charge on any atom is 0.302 e. The lowest BCUT2D eigenvalue weighted by Crippen LogP contribution is -2.73. The SMILES string of the molecule is C=C1C(=O)C23C(O)[C@H]1CC(OC(C)=O)C2[C@@]1(C)[C@H](C[C@H]3O)C(C)(C)CC[C@H]1OC(C)=O. The van der Waals surface area contributed by atoms with Crippen LogP contribution in [0.1, 0.15) is 60.3 Å². The van der Waals surface area contributed by atoms with E-state index in [9.17, 15) is 24.6 Å². The maximum absolute atomic E-state index is 13.6. The van der Waals surface area contributed by atoms with Crippen molar-refractivity contribution in [3.8, 4) is 0 Å². The fraction of sp³-hybridized carbons (Fsp3) is 0.792. The topological polar surface area (TPSA) is 110 Å². The molecule has 1 spiro atoms. The van der Waals surface area contributed by atoms with Crippen LogP contribution in [0.25, 0.3) is 0 Å². The van der Waals surface area contributed by atoms with Gasteiger partial charge in [0.1, 0.15) is 12.2 Å². The molecule has 4 unspecified atom stereocenters. The zero-order valence-corrected chi connectivity index (χ0v) is 19.0. The Morgan fingerprint density at radius 1 is 1.06 bits per heavy atom. The van der Waals surface area contributed by atoms with Crippen LogP contribution in [0, 0.1) is 34.0 Å². The van der Waals surface area contributed by atoms with Gasteiger partial charge < -0.3 is 19.7 Å². The first-order valence-corrected chi connectivity index (χ1v) is 11.2. The molecule has 0 aliphatic heterocycles. The summed E-state index contributed by atoms with van der Waals surface area (Å²) in [6.07, 6.45) is -1.46. The van der Waals surface area contributed by atoms with Gasteiger partial charge in [-0.1, -0.05) is 27.4 Å². The van der Waals surface area contributed by atoms with Gasteiger partial charge in [-0.2, -0.15) is 0 Å². The third-order valence-electron chi connectivity index (χ3n) is 9.12. The summed E-state index contributed by atoms with van der Waals surface area (Å²) in [4.78, 5) is 37.7. The van der Waals surface area contributed by atoms with E-state index in [2.05, 4.69) is 20.4 Å². The highest BCUT2D eigenvalue weighted by molar-refractivity contribution is 6.04. The van der Waals surface area contributed by atoms with E-state index in [1.165, 1.54) is 13.8 Å². The summed E-state index contributed by atoms with van der Waals surface area (Å²) in [6.45, 7) is 12.9. The minimum Gasteiger partial charge on any atom is -0.462 e. The van der Waals surface area contributed by atoms with Gasteiger partial charge in [0.25, 0.3) is 0 Å². The van der Waals surface area contributed by atoms with Gasteiger partial charge in [0.15, 0.2) is 5.78 Å². The summed E-state index contributed by atoms with van der Waals surface area (Å²) in [5, 5.41) is 22.8. The van der Waals surface area contributed by atoms with Crippen LogP contribution in [0.5, 0.6) is 0 Å². The molecule has 0 radical (unpaired) electrons. The fourth-order valence-corrected chi connectivity index (χ4v) is 8.04. The molecule has 4 saturated carbocycles. The van der Waals surface area contributed by atoms with Gasteiger partial charge >= 0.3 is 11.9 Å². The average Bonchev–Trinajstić information content (AvgIpc) is 2.76. The van der Waals surface area contributed by atoms with E-state index in [1.807, 2.05) is 6.92 Å². The van der Waals surface area contributed by atoms with E-state index >= 15 is 0 Å². The Bertz CT molecular complexity index is 847. The van der Waals surface area contributed by atoms with Crippen molar-refractivity contribution in [3.05, 3.63) is 12.2 Å². The van der Waals surface area contributed by atoms with Crippen molar-refractivity contribution >= 4 is 17.7 Å². The molecule has 4 aliphatic carbocycles. The number of esters is 2. The van der Waals surface area contributed by atoms with Gasteiger partial charge in [-0.05, 0) is 42.6 Å². The quantitative estimate of drug-likeness (QED) is 0.506. The predicted octanol–water partition coefficient (Wildman–Crippen LogP) is 2.18. The Labute approximate surface area is 183 Å². The fourth-order valence-electron chi connectivity index (χ4n) is 8.04. The van der Waals surface area contributed by atoms with Crippen LogP contribution in [0.15, 0.2) is 12.2 Å². The van der Waals surface area contributed by atoms with Crippen molar-refractivity contribution in [2.75, 3.05) is 0 Å². The van der Waals surface area contributed by atoms with Crippen molar-refractivity contribution in [2.45, 2.75) is 84.7 Å². The molecule has 0 heterocycles. The van der Waals surface area contributed by atoms with Crippen LogP contribution in [0.3, 0.4) is 0 Å². The third kappa shape index (κ3) is 2.75. The lowest BCUT2D eigenvalue weighted by Gasteiger charge is -2.67. The smallest absolute Gasteiger partial charge is 0.302 e. The van der Waals surface area contributed by atoms with Crippen molar-refractivity contribution in [1.29, 1.82) is 0 Å². The second kappa shape index (κ2) is 6.88. The molecule has 9 atom stereocenters. The molecule has 2 bridgehead atoms. The van der Waals surface area contributed by atoms with E-state index < -0.39 is 59.0 Å². The first-order valence-electron chi connectivity index (χ1n) is 11.2. The Kier molecular flexibility index (Phi) is 4.99. The minimum absolute atomic E-state index is 0.104. The van der Waals surface area contributed by atoms with Gasteiger partial charge in [-0.15, -0.1) is 0 Å². The van der Waals surface area contributed by atoms with Crippen LogP contribution in [0.4, 0.5) is 0 Å². The summed E-state index contributed by atoms with van der Waals surface area (Å²) in [5.74, 6) is -2.60. The Morgan fingerprint density at radius 2 is 1.68 bits per heavy atom. The lowest BCUT2D eigenvalue weighted by molar-refractivity contribution is -0.279. The summed E-state index contributed by atoms with van der Waals surface area (Å²) in [7, 11) is 0. The number of hydrogen-bond acceptors (Lipinski definition) is 7. The summed E-state index contributed by atoms with van der Waals surface area (Å²) in [6, 6.07) is 0. The molecule has 4 rings (SSSR count). The zero-order chi connectivity index (χ0) is 23.1. The molecule has 0 aromatic heterocycles.